The minimum Gasteiger partial charge on any atom is -0.336 e. The van der Waals surface area contributed by atoms with Gasteiger partial charge in [0.2, 0.25) is 11.8 Å². The molecule has 1 fully saturated rings. The normalized spacial score (nSPS) is 16.9. The lowest BCUT2D eigenvalue weighted by molar-refractivity contribution is -0.139. The summed E-state index contributed by atoms with van der Waals surface area (Å²) in [5, 5.41) is 4.99. The molecule has 9 heteroatoms. The highest BCUT2D eigenvalue weighted by Crippen LogP contribution is 2.21. The number of anilines is 1. The van der Waals surface area contributed by atoms with Crippen molar-refractivity contribution in [2.75, 3.05) is 11.9 Å². The molecule has 0 saturated carbocycles. The Morgan fingerprint density at radius 2 is 1.96 bits per heavy atom. The molecule has 1 aliphatic heterocycles. The van der Waals surface area contributed by atoms with Crippen molar-refractivity contribution in [2.24, 2.45) is 5.92 Å². The lowest BCUT2D eigenvalue weighted by Gasteiger charge is -2.31. The molecule has 4 amide bonds. The molecule has 2 N–H and O–H groups in total. The number of imide groups is 1. The molecular formula is C18H14ClF2N3O3. The fourth-order valence-corrected chi connectivity index (χ4v) is 2.82. The average Bonchev–Trinajstić information content (AvgIpc) is 2.63. The SMILES string of the molecule is O=C(Nc1cc(F)ccc1F)C1CNC(=O)N(Cc2ccccc2Cl)C1=O. The van der Waals surface area contributed by atoms with E-state index in [9.17, 15) is 23.2 Å². The van der Waals surface area contributed by atoms with Crippen LogP contribution < -0.4 is 10.6 Å². The monoisotopic (exact) mass is 393 g/mol. The zero-order valence-corrected chi connectivity index (χ0v) is 14.6. The Morgan fingerprint density at radius 3 is 2.70 bits per heavy atom. The minimum absolute atomic E-state index is 0.123. The van der Waals surface area contributed by atoms with Crippen LogP contribution in [0.2, 0.25) is 5.02 Å². The van der Waals surface area contributed by atoms with Crippen LogP contribution in [0, 0.1) is 17.6 Å². The number of carbonyl (C=O) groups is 3. The maximum absolute atomic E-state index is 13.7. The Kier molecular flexibility index (Phi) is 5.36. The smallest absolute Gasteiger partial charge is 0.324 e. The zero-order chi connectivity index (χ0) is 19.6. The van der Waals surface area contributed by atoms with E-state index in [4.69, 9.17) is 11.6 Å². The molecule has 3 rings (SSSR count). The third-order valence-corrected chi connectivity index (χ3v) is 4.42. The zero-order valence-electron chi connectivity index (χ0n) is 13.8. The second-order valence-corrected chi connectivity index (χ2v) is 6.28. The molecule has 1 unspecified atom stereocenters. The summed E-state index contributed by atoms with van der Waals surface area (Å²) in [6, 6.07) is 8.57. The van der Waals surface area contributed by atoms with E-state index in [1.165, 1.54) is 0 Å². The van der Waals surface area contributed by atoms with Crippen LogP contribution in [0.1, 0.15) is 5.56 Å². The van der Waals surface area contributed by atoms with Crippen LogP contribution in [0.5, 0.6) is 0 Å². The van der Waals surface area contributed by atoms with E-state index in [-0.39, 0.29) is 18.8 Å². The van der Waals surface area contributed by atoms with Gasteiger partial charge in [0.1, 0.15) is 17.6 Å². The van der Waals surface area contributed by atoms with Gasteiger partial charge in [-0.15, -0.1) is 0 Å². The molecule has 1 saturated heterocycles. The van der Waals surface area contributed by atoms with Crippen molar-refractivity contribution in [3.8, 4) is 0 Å². The summed E-state index contributed by atoms with van der Waals surface area (Å²) in [7, 11) is 0. The number of amides is 4. The lowest BCUT2D eigenvalue weighted by Crippen LogP contribution is -2.57. The van der Waals surface area contributed by atoms with Gasteiger partial charge in [0.15, 0.2) is 0 Å². The Labute approximate surface area is 158 Å². The standard InChI is InChI=1S/C18H14ClF2N3O3/c19-13-4-2-1-3-10(13)9-24-17(26)12(8-22-18(24)27)16(25)23-15-7-11(20)5-6-14(15)21/h1-7,12H,8-9H2,(H,22,27)(H,23,25). The van der Waals surface area contributed by atoms with Crippen molar-refractivity contribution >= 4 is 35.1 Å². The van der Waals surface area contributed by atoms with Crippen LogP contribution in [0.25, 0.3) is 0 Å². The fraction of sp³-hybridized carbons (Fsp3) is 0.167. The van der Waals surface area contributed by atoms with Gasteiger partial charge in [-0.3, -0.25) is 14.5 Å². The first-order valence-electron chi connectivity index (χ1n) is 7.95. The molecule has 0 aromatic heterocycles. The van der Waals surface area contributed by atoms with Crippen LogP contribution in [0.15, 0.2) is 42.5 Å². The van der Waals surface area contributed by atoms with Crippen LogP contribution in [-0.4, -0.2) is 29.3 Å². The van der Waals surface area contributed by atoms with Gasteiger partial charge in [-0.2, -0.15) is 0 Å². The van der Waals surface area contributed by atoms with Gasteiger partial charge >= 0.3 is 6.03 Å². The predicted molar refractivity (Wildman–Crippen MR) is 93.9 cm³/mol. The first-order chi connectivity index (χ1) is 12.9. The van der Waals surface area contributed by atoms with Crippen molar-refractivity contribution in [1.82, 2.24) is 10.2 Å². The van der Waals surface area contributed by atoms with Crippen LogP contribution in [-0.2, 0) is 16.1 Å². The highest BCUT2D eigenvalue weighted by Gasteiger charge is 2.39. The summed E-state index contributed by atoms with van der Waals surface area (Å²) in [6.45, 7) is -0.373. The quantitative estimate of drug-likeness (QED) is 0.784. The molecule has 1 atom stereocenters. The molecule has 1 heterocycles. The second-order valence-electron chi connectivity index (χ2n) is 5.87. The van der Waals surface area contributed by atoms with Crippen molar-refractivity contribution < 1.29 is 23.2 Å². The number of hydrogen-bond acceptors (Lipinski definition) is 3. The van der Waals surface area contributed by atoms with Gasteiger partial charge in [-0.05, 0) is 23.8 Å². The van der Waals surface area contributed by atoms with Crippen molar-refractivity contribution in [3.63, 3.8) is 0 Å². The van der Waals surface area contributed by atoms with Gasteiger partial charge in [0.25, 0.3) is 0 Å². The van der Waals surface area contributed by atoms with Gasteiger partial charge < -0.3 is 10.6 Å². The van der Waals surface area contributed by atoms with Crippen molar-refractivity contribution in [1.29, 1.82) is 0 Å². The van der Waals surface area contributed by atoms with E-state index in [2.05, 4.69) is 10.6 Å². The first kappa shape index (κ1) is 18.8. The van der Waals surface area contributed by atoms with Gasteiger partial charge in [0.05, 0.1) is 12.2 Å². The lowest BCUT2D eigenvalue weighted by atomic mass is 10.0. The molecule has 1 aliphatic rings. The Hall–Kier alpha value is -3.00. The molecule has 27 heavy (non-hydrogen) atoms. The van der Waals surface area contributed by atoms with E-state index >= 15 is 0 Å². The van der Waals surface area contributed by atoms with Crippen molar-refractivity contribution in [3.05, 3.63) is 64.7 Å². The predicted octanol–water partition coefficient (Wildman–Crippen LogP) is 2.92. The second kappa shape index (κ2) is 7.71. The number of benzene rings is 2. The maximum Gasteiger partial charge on any atom is 0.324 e. The number of hydrogen-bond donors (Lipinski definition) is 2. The molecule has 0 spiro atoms. The third kappa shape index (κ3) is 4.06. The molecular weight excluding hydrogens is 380 g/mol. The Balaban J connectivity index is 1.77. The largest absolute Gasteiger partial charge is 0.336 e. The first-order valence-corrected chi connectivity index (χ1v) is 8.33. The fourth-order valence-electron chi connectivity index (χ4n) is 2.62. The van der Waals surface area contributed by atoms with E-state index in [1.54, 1.807) is 24.3 Å². The number of halogens is 3. The molecule has 0 bridgehead atoms. The summed E-state index contributed by atoms with van der Waals surface area (Å²) in [6.07, 6.45) is 0. The maximum atomic E-state index is 13.7. The minimum atomic E-state index is -1.28. The summed E-state index contributed by atoms with van der Waals surface area (Å²) in [4.78, 5) is 37.9. The molecule has 0 radical (unpaired) electrons. The number of nitrogens with one attached hydrogen (secondary N) is 2. The highest BCUT2D eigenvalue weighted by molar-refractivity contribution is 6.31. The number of nitrogens with zero attached hydrogens (tertiary/aromatic N) is 1. The molecule has 2 aromatic rings. The summed E-state index contributed by atoms with van der Waals surface area (Å²) >= 11 is 6.05. The summed E-state index contributed by atoms with van der Waals surface area (Å²) in [5.41, 5.74) is 0.141. The van der Waals surface area contributed by atoms with E-state index in [1.807, 2.05) is 0 Å². The third-order valence-electron chi connectivity index (χ3n) is 4.06. The van der Waals surface area contributed by atoms with E-state index < -0.39 is 35.4 Å². The molecule has 6 nitrogen and oxygen atoms in total. The topological polar surface area (TPSA) is 78.5 Å². The van der Waals surface area contributed by atoms with Crippen molar-refractivity contribution in [2.45, 2.75) is 6.54 Å². The number of urea groups is 1. The number of rotatable bonds is 4. The molecule has 2 aromatic carbocycles. The molecule has 0 aliphatic carbocycles. The number of carbonyl (C=O) groups excluding carboxylic acids is 3. The van der Waals surface area contributed by atoms with Gasteiger partial charge in [-0.25, -0.2) is 13.6 Å². The van der Waals surface area contributed by atoms with Crippen LogP contribution in [0.4, 0.5) is 19.3 Å². The van der Waals surface area contributed by atoms with Crippen LogP contribution in [0.3, 0.4) is 0 Å². The average molecular weight is 394 g/mol. The summed E-state index contributed by atoms with van der Waals surface area (Å²) < 4.78 is 27.0. The van der Waals surface area contributed by atoms with Gasteiger partial charge in [-0.1, -0.05) is 29.8 Å². The van der Waals surface area contributed by atoms with E-state index in [0.29, 0.717) is 10.6 Å². The summed E-state index contributed by atoms with van der Waals surface area (Å²) in [5.74, 6) is -4.48. The molecule has 140 valence electrons. The van der Waals surface area contributed by atoms with E-state index in [0.717, 1.165) is 23.1 Å². The Morgan fingerprint density at radius 1 is 1.22 bits per heavy atom. The highest BCUT2D eigenvalue weighted by atomic mass is 35.5. The van der Waals surface area contributed by atoms with Gasteiger partial charge in [0, 0.05) is 17.6 Å². The van der Waals surface area contributed by atoms with Crippen LogP contribution >= 0.6 is 11.6 Å². The Bertz CT molecular complexity index is 922.